The van der Waals surface area contributed by atoms with Gasteiger partial charge < -0.3 is 10.6 Å². The fraction of sp³-hybridized carbons (Fsp3) is 0.833. The standard InChI is InChI=1S/C18H32N4S/c1-2-19-17(21-16-7-3-4-8-16)20-15-18(9-5-6-10-18)22-11-13-23-14-12-22/h3-4,16H,2,5-15H2,1H3,(H2,19,20,21). The van der Waals surface area contributed by atoms with Gasteiger partial charge in [-0.1, -0.05) is 25.0 Å². The molecule has 0 amide bonds. The summed E-state index contributed by atoms with van der Waals surface area (Å²) in [4.78, 5) is 7.78. The highest BCUT2D eigenvalue weighted by molar-refractivity contribution is 7.99. The van der Waals surface area contributed by atoms with E-state index in [0.717, 1.165) is 31.9 Å². The van der Waals surface area contributed by atoms with Crippen molar-refractivity contribution in [2.45, 2.75) is 57.0 Å². The molecule has 130 valence electrons. The van der Waals surface area contributed by atoms with Crippen LogP contribution >= 0.6 is 11.8 Å². The van der Waals surface area contributed by atoms with Gasteiger partial charge in [-0.3, -0.25) is 9.89 Å². The molecule has 0 radical (unpaired) electrons. The minimum absolute atomic E-state index is 0.331. The first-order valence-electron chi connectivity index (χ1n) is 9.35. The van der Waals surface area contributed by atoms with E-state index in [9.17, 15) is 0 Å². The third kappa shape index (κ3) is 4.44. The van der Waals surface area contributed by atoms with Crippen molar-refractivity contribution < 1.29 is 0 Å². The van der Waals surface area contributed by atoms with Crippen LogP contribution in [0.15, 0.2) is 17.1 Å². The highest BCUT2D eigenvalue weighted by Crippen LogP contribution is 2.37. The van der Waals surface area contributed by atoms with E-state index in [-0.39, 0.29) is 0 Å². The van der Waals surface area contributed by atoms with Gasteiger partial charge in [0.2, 0.25) is 0 Å². The van der Waals surface area contributed by atoms with Crippen LogP contribution in [-0.4, -0.2) is 60.1 Å². The summed E-state index contributed by atoms with van der Waals surface area (Å²) in [7, 11) is 0. The fourth-order valence-electron chi connectivity index (χ4n) is 4.12. The third-order valence-corrected chi connectivity index (χ3v) is 6.38. The van der Waals surface area contributed by atoms with Crippen LogP contribution in [0.5, 0.6) is 0 Å². The van der Waals surface area contributed by atoms with E-state index in [0.29, 0.717) is 11.6 Å². The first-order valence-corrected chi connectivity index (χ1v) is 10.5. The van der Waals surface area contributed by atoms with Crippen LogP contribution in [0.4, 0.5) is 0 Å². The molecule has 1 heterocycles. The largest absolute Gasteiger partial charge is 0.357 e. The summed E-state index contributed by atoms with van der Waals surface area (Å²) in [5.74, 6) is 3.59. The highest BCUT2D eigenvalue weighted by atomic mass is 32.2. The minimum Gasteiger partial charge on any atom is -0.357 e. The SMILES string of the molecule is CCNC(=NCC1(N2CCSCC2)CCCC1)NC1CC=CC1. The van der Waals surface area contributed by atoms with E-state index in [1.807, 2.05) is 0 Å². The lowest BCUT2D eigenvalue weighted by Crippen LogP contribution is -2.53. The van der Waals surface area contributed by atoms with Gasteiger partial charge in [0.15, 0.2) is 5.96 Å². The normalized spacial score (nSPS) is 25.9. The second-order valence-corrected chi connectivity index (χ2v) is 8.23. The topological polar surface area (TPSA) is 39.7 Å². The molecule has 5 heteroatoms. The third-order valence-electron chi connectivity index (χ3n) is 5.44. The molecule has 0 aromatic carbocycles. The Bertz CT molecular complexity index is 415. The molecule has 0 bridgehead atoms. The maximum atomic E-state index is 5.02. The molecule has 0 atom stereocenters. The average Bonchev–Trinajstić information content (AvgIpc) is 3.26. The van der Waals surface area contributed by atoms with Crippen LogP contribution < -0.4 is 10.6 Å². The molecule has 2 fully saturated rings. The van der Waals surface area contributed by atoms with E-state index in [1.54, 1.807) is 0 Å². The molecule has 0 spiro atoms. The van der Waals surface area contributed by atoms with Crippen molar-refractivity contribution in [2.24, 2.45) is 4.99 Å². The molecular formula is C18H32N4S. The fourth-order valence-corrected chi connectivity index (χ4v) is 5.02. The molecule has 3 rings (SSSR count). The number of guanidine groups is 1. The van der Waals surface area contributed by atoms with Crippen molar-refractivity contribution in [3.8, 4) is 0 Å². The second kappa shape index (κ2) is 8.43. The molecule has 0 aromatic rings. The lowest BCUT2D eigenvalue weighted by atomic mass is 9.95. The molecule has 1 aliphatic heterocycles. The first-order chi connectivity index (χ1) is 11.3. The molecule has 2 aliphatic carbocycles. The minimum atomic E-state index is 0.331. The second-order valence-electron chi connectivity index (χ2n) is 7.01. The van der Waals surface area contributed by atoms with Gasteiger partial charge in [0.05, 0.1) is 6.54 Å². The van der Waals surface area contributed by atoms with E-state index in [4.69, 9.17) is 4.99 Å². The summed E-state index contributed by atoms with van der Waals surface area (Å²) in [6, 6.07) is 0.527. The van der Waals surface area contributed by atoms with E-state index in [2.05, 4.69) is 46.4 Å². The molecule has 4 nitrogen and oxygen atoms in total. The van der Waals surface area contributed by atoms with Crippen LogP contribution in [0.1, 0.15) is 45.4 Å². The first kappa shape index (κ1) is 17.2. The van der Waals surface area contributed by atoms with Gasteiger partial charge in [-0.25, -0.2) is 0 Å². The Labute approximate surface area is 145 Å². The Morgan fingerprint density at radius 1 is 1.22 bits per heavy atom. The highest BCUT2D eigenvalue weighted by Gasteiger charge is 2.39. The van der Waals surface area contributed by atoms with Crippen molar-refractivity contribution in [1.82, 2.24) is 15.5 Å². The molecule has 0 unspecified atom stereocenters. The lowest BCUT2D eigenvalue weighted by Gasteiger charge is -2.42. The summed E-state index contributed by atoms with van der Waals surface area (Å²) in [6.45, 7) is 6.52. The van der Waals surface area contributed by atoms with Crippen molar-refractivity contribution >= 4 is 17.7 Å². The summed E-state index contributed by atoms with van der Waals surface area (Å²) < 4.78 is 0. The Hall–Kier alpha value is -0.680. The van der Waals surface area contributed by atoms with Crippen LogP contribution in [-0.2, 0) is 0 Å². The van der Waals surface area contributed by atoms with E-state index in [1.165, 1.54) is 50.3 Å². The average molecular weight is 337 g/mol. The zero-order chi connectivity index (χ0) is 16.0. The number of aliphatic imine (C=N–C) groups is 1. The Kier molecular flexibility index (Phi) is 6.29. The predicted molar refractivity (Wildman–Crippen MR) is 101 cm³/mol. The van der Waals surface area contributed by atoms with E-state index < -0.39 is 0 Å². The number of rotatable bonds is 5. The van der Waals surface area contributed by atoms with Crippen LogP contribution in [0.25, 0.3) is 0 Å². The zero-order valence-electron chi connectivity index (χ0n) is 14.5. The van der Waals surface area contributed by atoms with Gasteiger partial charge in [-0.05, 0) is 32.6 Å². The lowest BCUT2D eigenvalue weighted by molar-refractivity contribution is 0.112. The maximum absolute atomic E-state index is 5.02. The van der Waals surface area contributed by atoms with Gasteiger partial charge in [0, 0.05) is 42.7 Å². The number of hydrogen-bond donors (Lipinski definition) is 2. The van der Waals surface area contributed by atoms with Crippen molar-refractivity contribution in [2.75, 3.05) is 37.7 Å². The van der Waals surface area contributed by atoms with Gasteiger partial charge >= 0.3 is 0 Å². The molecule has 1 saturated heterocycles. The Morgan fingerprint density at radius 2 is 1.91 bits per heavy atom. The quantitative estimate of drug-likeness (QED) is 0.460. The van der Waals surface area contributed by atoms with Gasteiger partial charge in [-0.2, -0.15) is 11.8 Å². The Morgan fingerprint density at radius 3 is 2.57 bits per heavy atom. The van der Waals surface area contributed by atoms with E-state index >= 15 is 0 Å². The molecule has 2 N–H and O–H groups in total. The van der Waals surface area contributed by atoms with Crippen LogP contribution in [0.3, 0.4) is 0 Å². The summed E-state index contributed by atoms with van der Waals surface area (Å²) in [6.07, 6.45) is 12.2. The molecule has 23 heavy (non-hydrogen) atoms. The summed E-state index contributed by atoms with van der Waals surface area (Å²) in [5, 5.41) is 7.06. The molecule has 0 aromatic heterocycles. The number of nitrogens with one attached hydrogen (secondary N) is 2. The smallest absolute Gasteiger partial charge is 0.191 e. The van der Waals surface area contributed by atoms with Gasteiger partial charge in [0.25, 0.3) is 0 Å². The number of hydrogen-bond acceptors (Lipinski definition) is 3. The maximum Gasteiger partial charge on any atom is 0.191 e. The predicted octanol–water partition coefficient (Wildman–Crippen LogP) is 2.62. The molecule has 3 aliphatic rings. The Balaban J connectivity index is 1.64. The van der Waals surface area contributed by atoms with Crippen LogP contribution in [0, 0.1) is 0 Å². The monoisotopic (exact) mass is 336 g/mol. The van der Waals surface area contributed by atoms with Crippen molar-refractivity contribution in [3.05, 3.63) is 12.2 Å². The zero-order valence-corrected chi connectivity index (χ0v) is 15.3. The van der Waals surface area contributed by atoms with Crippen molar-refractivity contribution in [3.63, 3.8) is 0 Å². The molecule has 1 saturated carbocycles. The summed E-state index contributed by atoms with van der Waals surface area (Å²) in [5.41, 5.74) is 0.331. The van der Waals surface area contributed by atoms with Crippen molar-refractivity contribution in [1.29, 1.82) is 0 Å². The van der Waals surface area contributed by atoms with Gasteiger partial charge in [0.1, 0.15) is 0 Å². The molecular weight excluding hydrogens is 304 g/mol. The van der Waals surface area contributed by atoms with Gasteiger partial charge in [-0.15, -0.1) is 0 Å². The van der Waals surface area contributed by atoms with Crippen LogP contribution in [0.2, 0.25) is 0 Å². The number of nitrogens with zero attached hydrogens (tertiary/aromatic N) is 2. The summed E-state index contributed by atoms with van der Waals surface area (Å²) >= 11 is 2.10. The number of thioether (sulfide) groups is 1.